The first kappa shape index (κ1) is 28.4. The van der Waals surface area contributed by atoms with Gasteiger partial charge >= 0.3 is 0 Å². The molecule has 48 heavy (non-hydrogen) atoms. The lowest BCUT2D eigenvalue weighted by atomic mass is 9.67. The standard InChI is InChI=1S/C45H33N3/c46-29-30-20-22-36-39-27-33(21-23-40(39)45(41(36)26-30)24-9-2-10-25-45)35-17-7-8-18-38(35)44-47-42(32-13-3-1-4-14-32)28-43(48-44)37-19-11-15-31-12-5-6-16-34(31)37/h1,3-8,11-23,26-28H,2,9-10,24-25H2. The van der Waals surface area contributed by atoms with Gasteiger partial charge in [0.15, 0.2) is 5.82 Å². The zero-order valence-electron chi connectivity index (χ0n) is 26.7. The molecule has 1 saturated carbocycles. The highest BCUT2D eigenvalue weighted by molar-refractivity contribution is 5.97. The molecule has 6 aromatic carbocycles. The molecule has 0 N–H and O–H groups in total. The van der Waals surface area contributed by atoms with Crippen molar-refractivity contribution in [3.05, 3.63) is 156 Å². The Morgan fingerprint density at radius 1 is 0.500 bits per heavy atom. The molecule has 0 atom stereocenters. The fourth-order valence-corrected chi connectivity index (χ4v) is 8.28. The molecule has 1 aromatic heterocycles. The van der Waals surface area contributed by atoms with Crippen LogP contribution < -0.4 is 0 Å². The lowest BCUT2D eigenvalue weighted by Crippen LogP contribution is -2.28. The van der Waals surface area contributed by atoms with E-state index in [-0.39, 0.29) is 5.41 Å². The van der Waals surface area contributed by atoms with Crippen LogP contribution in [0.25, 0.3) is 66.9 Å². The fraction of sp³-hybridized carbons (Fsp3) is 0.133. The van der Waals surface area contributed by atoms with Crippen LogP contribution in [0, 0.1) is 11.3 Å². The van der Waals surface area contributed by atoms with Crippen molar-refractivity contribution in [2.45, 2.75) is 37.5 Å². The third-order valence-electron chi connectivity index (χ3n) is 10.5. The van der Waals surface area contributed by atoms with Gasteiger partial charge in [0.1, 0.15) is 0 Å². The van der Waals surface area contributed by atoms with Crippen molar-refractivity contribution in [3.8, 4) is 62.2 Å². The summed E-state index contributed by atoms with van der Waals surface area (Å²) in [5, 5.41) is 12.1. The van der Waals surface area contributed by atoms with Gasteiger partial charge in [0, 0.05) is 22.1 Å². The molecule has 1 heterocycles. The molecule has 0 amide bonds. The first-order valence-electron chi connectivity index (χ1n) is 16.9. The van der Waals surface area contributed by atoms with Crippen molar-refractivity contribution in [1.29, 1.82) is 5.26 Å². The van der Waals surface area contributed by atoms with Crippen molar-refractivity contribution < 1.29 is 0 Å². The minimum absolute atomic E-state index is 0.00565. The molecule has 0 radical (unpaired) electrons. The third kappa shape index (κ3) is 4.56. The van der Waals surface area contributed by atoms with E-state index in [0.717, 1.165) is 57.6 Å². The van der Waals surface area contributed by atoms with E-state index in [2.05, 4.69) is 133 Å². The normalized spacial score (nSPS) is 14.4. The summed E-state index contributed by atoms with van der Waals surface area (Å²) >= 11 is 0. The van der Waals surface area contributed by atoms with Gasteiger partial charge in [-0.2, -0.15) is 5.26 Å². The summed E-state index contributed by atoms with van der Waals surface area (Å²) in [7, 11) is 0. The van der Waals surface area contributed by atoms with Crippen molar-refractivity contribution in [1.82, 2.24) is 9.97 Å². The molecule has 0 bridgehead atoms. The third-order valence-corrected chi connectivity index (χ3v) is 10.5. The van der Waals surface area contributed by atoms with Crippen LogP contribution in [0.1, 0.15) is 48.8 Å². The second-order valence-electron chi connectivity index (χ2n) is 13.2. The van der Waals surface area contributed by atoms with E-state index in [1.807, 2.05) is 12.1 Å². The number of hydrogen-bond donors (Lipinski definition) is 0. The summed E-state index contributed by atoms with van der Waals surface area (Å²) in [4.78, 5) is 10.5. The van der Waals surface area contributed by atoms with Gasteiger partial charge in [0.05, 0.1) is 23.0 Å². The van der Waals surface area contributed by atoms with Gasteiger partial charge in [0.25, 0.3) is 0 Å². The van der Waals surface area contributed by atoms with Crippen LogP contribution in [0.3, 0.4) is 0 Å². The van der Waals surface area contributed by atoms with Gasteiger partial charge in [-0.05, 0) is 81.3 Å². The van der Waals surface area contributed by atoms with E-state index in [4.69, 9.17) is 9.97 Å². The minimum Gasteiger partial charge on any atom is -0.228 e. The quantitative estimate of drug-likeness (QED) is 0.198. The van der Waals surface area contributed by atoms with Gasteiger partial charge in [-0.15, -0.1) is 0 Å². The van der Waals surface area contributed by atoms with E-state index in [1.165, 1.54) is 52.3 Å². The lowest BCUT2D eigenvalue weighted by molar-refractivity contribution is 0.353. The summed E-state index contributed by atoms with van der Waals surface area (Å²) in [5.41, 5.74) is 13.3. The molecule has 0 saturated heterocycles. The van der Waals surface area contributed by atoms with Crippen LogP contribution in [-0.2, 0) is 5.41 Å². The molecular formula is C45H33N3. The molecule has 0 aliphatic heterocycles. The Kier molecular flexibility index (Phi) is 6.76. The van der Waals surface area contributed by atoms with Crippen molar-refractivity contribution in [2.24, 2.45) is 0 Å². The summed E-state index contributed by atoms with van der Waals surface area (Å²) < 4.78 is 0. The Balaban J connectivity index is 1.23. The van der Waals surface area contributed by atoms with Crippen LogP contribution in [-0.4, -0.2) is 9.97 Å². The van der Waals surface area contributed by atoms with Crippen LogP contribution in [0.2, 0.25) is 0 Å². The van der Waals surface area contributed by atoms with E-state index >= 15 is 0 Å². The van der Waals surface area contributed by atoms with E-state index < -0.39 is 0 Å². The molecule has 7 aromatic rings. The van der Waals surface area contributed by atoms with E-state index in [1.54, 1.807) is 0 Å². The average molecular weight is 616 g/mol. The number of rotatable bonds is 4. The highest BCUT2D eigenvalue weighted by atomic mass is 14.9. The zero-order valence-corrected chi connectivity index (χ0v) is 26.7. The smallest absolute Gasteiger partial charge is 0.161 e. The maximum absolute atomic E-state index is 9.78. The molecule has 2 aliphatic rings. The SMILES string of the molecule is N#Cc1ccc2c(c1)C1(CCCCC1)c1ccc(-c3ccccc3-c3nc(-c4ccccc4)cc(-c4cccc5ccccc45)n3)cc1-2. The average Bonchev–Trinajstić information content (AvgIpc) is 3.42. The predicted octanol–water partition coefficient (Wildman–Crippen LogP) is 11.4. The number of aromatic nitrogens is 2. The van der Waals surface area contributed by atoms with E-state index in [9.17, 15) is 5.26 Å². The fourth-order valence-electron chi connectivity index (χ4n) is 8.28. The number of nitrogens with zero attached hydrogens (tertiary/aromatic N) is 3. The monoisotopic (exact) mass is 615 g/mol. The molecule has 1 fully saturated rings. The maximum Gasteiger partial charge on any atom is 0.161 e. The van der Waals surface area contributed by atoms with Crippen molar-refractivity contribution in [3.63, 3.8) is 0 Å². The van der Waals surface area contributed by atoms with Crippen molar-refractivity contribution >= 4 is 10.8 Å². The van der Waals surface area contributed by atoms with Crippen molar-refractivity contribution in [2.75, 3.05) is 0 Å². The van der Waals surface area contributed by atoms with Gasteiger partial charge < -0.3 is 0 Å². The zero-order chi connectivity index (χ0) is 32.1. The Morgan fingerprint density at radius 3 is 2.08 bits per heavy atom. The number of hydrogen-bond acceptors (Lipinski definition) is 3. The largest absolute Gasteiger partial charge is 0.228 e. The van der Waals surface area contributed by atoms with E-state index in [0.29, 0.717) is 5.82 Å². The summed E-state index contributed by atoms with van der Waals surface area (Å²) in [6, 6.07) is 51.7. The molecule has 1 spiro atoms. The lowest BCUT2D eigenvalue weighted by Gasteiger charge is -2.36. The molecule has 2 aliphatic carbocycles. The van der Waals surface area contributed by atoms with Crippen LogP contribution in [0.15, 0.2) is 140 Å². The Morgan fingerprint density at radius 2 is 1.23 bits per heavy atom. The van der Waals surface area contributed by atoms with Gasteiger partial charge in [-0.25, -0.2) is 9.97 Å². The summed E-state index contributed by atoms with van der Waals surface area (Å²) in [6.07, 6.45) is 5.98. The van der Waals surface area contributed by atoms with Gasteiger partial charge in [0.2, 0.25) is 0 Å². The first-order valence-corrected chi connectivity index (χ1v) is 16.9. The van der Waals surface area contributed by atoms with Crippen LogP contribution in [0.5, 0.6) is 0 Å². The van der Waals surface area contributed by atoms with Crippen LogP contribution >= 0.6 is 0 Å². The maximum atomic E-state index is 9.78. The van der Waals surface area contributed by atoms with Gasteiger partial charge in [-0.3, -0.25) is 0 Å². The molecule has 3 heteroatoms. The number of fused-ring (bicyclic) bond motifs is 6. The Labute approximate surface area is 281 Å². The second-order valence-corrected chi connectivity index (χ2v) is 13.2. The highest BCUT2D eigenvalue weighted by Gasteiger charge is 2.44. The summed E-state index contributed by atoms with van der Waals surface area (Å²) in [6.45, 7) is 0. The topological polar surface area (TPSA) is 49.6 Å². The van der Waals surface area contributed by atoms with Gasteiger partial charge in [-0.1, -0.05) is 135 Å². The minimum atomic E-state index is -0.00565. The first-order chi connectivity index (χ1) is 23.7. The second kappa shape index (κ2) is 11.4. The molecule has 228 valence electrons. The molecule has 9 rings (SSSR count). The number of nitriles is 1. The Bertz CT molecular complexity index is 2390. The molecule has 0 unspecified atom stereocenters. The highest BCUT2D eigenvalue weighted by Crippen LogP contribution is 2.56. The molecular weight excluding hydrogens is 583 g/mol. The molecule has 3 nitrogen and oxygen atoms in total. The predicted molar refractivity (Wildman–Crippen MR) is 195 cm³/mol. The number of benzene rings is 6. The summed E-state index contributed by atoms with van der Waals surface area (Å²) in [5.74, 6) is 0.707. The Hall–Kier alpha value is -5.85. The van der Waals surface area contributed by atoms with Crippen LogP contribution in [0.4, 0.5) is 0 Å².